The Kier molecular flexibility index (Phi) is 7.26. The number of nitrogens with two attached hydrogens (primary N) is 1. The first-order valence-electron chi connectivity index (χ1n) is 6.17. The van der Waals surface area contributed by atoms with Crippen LogP contribution in [0.3, 0.4) is 0 Å². The molecule has 22 heavy (non-hydrogen) atoms. The monoisotopic (exact) mass is 349 g/mol. The number of hydrogen-bond donors (Lipinski definition) is 8. The maximum Gasteiger partial charge on any atom is 0.491 e. The maximum absolute atomic E-state index is 12.0. The van der Waals surface area contributed by atoms with Crippen LogP contribution >= 0.6 is 7.82 Å². The first kappa shape index (κ1) is 19.8. The quantitative estimate of drug-likeness (QED) is 0.161. The van der Waals surface area contributed by atoms with Crippen molar-refractivity contribution in [2.45, 2.75) is 42.7 Å². The van der Waals surface area contributed by atoms with E-state index in [0.29, 0.717) is 0 Å². The summed E-state index contributed by atoms with van der Waals surface area (Å²) in [5, 5.41) is 65.5. The van der Waals surface area contributed by atoms with Crippen molar-refractivity contribution in [3.05, 3.63) is 0 Å². The summed E-state index contributed by atoms with van der Waals surface area (Å²) in [5.74, 6) is 4.74. The molecule has 132 valence electrons. The molecule has 0 aromatic carbocycles. The van der Waals surface area contributed by atoms with E-state index in [2.05, 4.69) is 9.15 Å². The molecule has 0 aromatic rings. The Balaban J connectivity index is 2.82. The van der Waals surface area contributed by atoms with E-state index in [4.69, 9.17) is 20.6 Å². The van der Waals surface area contributed by atoms with Gasteiger partial charge in [-0.2, -0.15) is 0 Å². The molecule has 3 unspecified atom stereocenters. The summed E-state index contributed by atoms with van der Waals surface area (Å²) in [6, 6.07) is 0. The summed E-state index contributed by atoms with van der Waals surface area (Å²) in [6.45, 7) is -1.43. The minimum atomic E-state index is -4.60. The fraction of sp³-hybridized carbons (Fsp3) is 1.00. The third-order valence-electron chi connectivity index (χ3n) is 3.09. The van der Waals surface area contributed by atoms with E-state index in [1.54, 1.807) is 0 Å². The third kappa shape index (κ3) is 4.41. The van der Waals surface area contributed by atoms with Crippen LogP contribution in [0, 0.1) is 0 Å². The first-order valence-corrected chi connectivity index (χ1v) is 7.63. The number of phosphoric acid groups is 1. The van der Waals surface area contributed by atoms with E-state index in [0.717, 1.165) is 0 Å². The highest BCUT2D eigenvalue weighted by atomic mass is 31.2. The van der Waals surface area contributed by atoms with Crippen molar-refractivity contribution < 1.29 is 54.0 Å². The van der Waals surface area contributed by atoms with Crippen molar-refractivity contribution in [1.82, 2.24) is 0 Å². The molecular formula is C9H20NO11P. The van der Waals surface area contributed by atoms with Crippen LogP contribution in [-0.2, 0) is 18.2 Å². The molecule has 1 aliphatic carbocycles. The summed E-state index contributed by atoms with van der Waals surface area (Å²) in [7, 11) is -4.60. The summed E-state index contributed by atoms with van der Waals surface area (Å²) >= 11 is 0. The van der Waals surface area contributed by atoms with Gasteiger partial charge in [-0.1, -0.05) is 0 Å². The van der Waals surface area contributed by atoms with Crippen LogP contribution in [0.15, 0.2) is 0 Å². The van der Waals surface area contributed by atoms with Gasteiger partial charge >= 0.3 is 7.82 Å². The van der Waals surface area contributed by atoms with E-state index < -0.39 is 63.8 Å². The van der Waals surface area contributed by atoms with Crippen molar-refractivity contribution in [1.29, 1.82) is 0 Å². The van der Waals surface area contributed by atoms with E-state index in [9.17, 15) is 30.1 Å². The van der Waals surface area contributed by atoms with E-state index in [1.807, 2.05) is 0 Å². The Morgan fingerprint density at radius 3 is 1.86 bits per heavy atom. The topological polar surface area (TPSA) is 212 Å². The molecule has 0 amide bonds. The highest BCUT2D eigenvalue weighted by Gasteiger charge is 2.51. The van der Waals surface area contributed by atoms with Crippen molar-refractivity contribution >= 4 is 7.82 Å². The van der Waals surface area contributed by atoms with Crippen LogP contribution in [-0.4, -0.2) is 91.7 Å². The SMILES string of the molecule is NOP(=O)(OC[C@@H](O)CO)OC1[C@H](O)[C@H](O)C(O)[C@H](O)[C@H]1O. The standard InChI is InChI=1S/C9H20NO11P/c10-21-22(18,19-2-3(12)1-11)20-9-7(16)5(14)4(13)6(15)8(9)17/h3-9,11-17H,1-2,10H2/t3-,4?,5-,6+,7+,8+,9?,22?/m0/s1. The molecule has 0 bridgehead atoms. The normalized spacial score (nSPS) is 40.2. The molecule has 0 heterocycles. The van der Waals surface area contributed by atoms with Crippen molar-refractivity contribution in [3.8, 4) is 0 Å². The highest BCUT2D eigenvalue weighted by Crippen LogP contribution is 2.50. The molecule has 13 heteroatoms. The van der Waals surface area contributed by atoms with Crippen LogP contribution in [0.4, 0.5) is 0 Å². The van der Waals surface area contributed by atoms with Crippen molar-refractivity contribution in [3.63, 3.8) is 0 Å². The second-order valence-corrected chi connectivity index (χ2v) is 6.28. The van der Waals surface area contributed by atoms with Gasteiger partial charge in [0.05, 0.1) is 13.2 Å². The van der Waals surface area contributed by atoms with Crippen LogP contribution in [0.25, 0.3) is 0 Å². The number of rotatable bonds is 7. The fourth-order valence-electron chi connectivity index (χ4n) is 1.79. The Hall–Kier alpha value is -0.210. The zero-order chi connectivity index (χ0) is 17.1. The molecule has 1 saturated carbocycles. The van der Waals surface area contributed by atoms with Crippen LogP contribution < -0.4 is 5.90 Å². The Morgan fingerprint density at radius 1 is 1.00 bits per heavy atom. The molecule has 1 fully saturated rings. The molecule has 1 rings (SSSR count). The summed E-state index contributed by atoms with van der Waals surface area (Å²) in [4.78, 5) is 0. The number of hydrogen-bond acceptors (Lipinski definition) is 12. The maximum atomic E-state index is 12.0. The second-order valence-electron chi connectivity index (χ2n) is 4.71. The van der Waals surface area contributed by atoms with Gasteiger partial charge in [-0.3, -0.25) is 9.05 Å². The summed E-state index contributed by atoms with van der Waals surface area (Å²) in [6.07, 6.45) is -12.8. The van der Waals surface area contributed by atoms with E-state index >= 15 is 0 Å². The van der Waals surface area contributed by atoms with Crippen LogP contribution in [0.1, 0.15) is 0 Å². The third-order valence-corrected chi connectivity index (χ3v) is 4.31. The van der Waals surface area contributed by atoms with E-state index in [1.165, 1.54) is 0 Å². The zero-order valence-electron chi connectivity index (χ0n) is 11.2. The van der Waals surface area contributed by atoms with Crippen LogP contribution in [0.2, 0.25) is 0 Å². The largest absolute Gasteiger partial charge is 0.491 e. The molecule has 0 aromatic heterocycles. The Morgan fingerprint density at radius 2 is 1.45 bits per heavy atom. The molecule has 12 nitrogen and oxygen atoms in total. The van der Waals surface area contributed by atoms with Gasteiger partial charge in [-0.15, -0.1) is 0 Å². The molecule has 0 radical (unpaired) electrons. The van der Waals surface area contributed by atoms with Crippen molar-refractivity contribution in [2.24, 2.45) is 5.90 Å². The lowest BCUT2D eigenvalue weighted by Crippen LogP contribution is -2.64. The highest BCUT2D eigenvalue weighted by molar-refractivity contribution is 7.48. The average molecular weight is 349 g/mol. The molecule has 8 atom stereocenters. The molecular weight excluding hydrogens is 329 g/mol. The van der Waals surface area contributed by atoms with Gasteiger partial charge in [0.25, 0.3) is 0 Å². The average Bonchev–Trinajstić information content (AvgIpc) is 2.52. The first-order chi connectivity index (χ1) is 10.2. The van der Waals surface area contributed by atoms with Crippen molar-refractivity contribution in [2.75, 3.05) is 13.2 Å². The lowest BCUT2D eigenvalue weighted by molar-refractivity contribution is -0.220. The zero-order valence-corrected chi connectivity index (χ0v) is 12.1. The smallest absolute Gasteiger partial charge is 0.394 e. The van der Waals surface area contributed by atoms with Gasteiger partial charge in [0.2, 0.25) is 0 Å². The lowest BCUT2D eigenvalue weighted by atomic mass is 9.85. The lowest BCUT2D eigenvalue weighted by Gasteiger charge is -2.41. The Labute approximate surface area is 124 Å². The minimum Gasteiger partial charge on any atom is -0.394 e. The predicted molar refractivity (Wildman–Crippen MR) is 66.8 cm³/mol. The molecule has 0 saturated heterocycles. The number of aliphatic hydroxyl groups excluding tert-OH is 7. The van der Waals surface area contributed by atoms with E-state index in [-0.39, 0.29) is 0 Å². The number of aliphatic hydroxyl groups is 7. The summed E-state index contributed by atoms with van der Waals surface area (Å²) < 4.78 is 25.3. The minimum absolute atomic E-state index is 0.711. The fourth-order valence-corrected chi connectivity index (χ4v) is 2.86. The van der Waals surface area contributed by atoms with Gasteiger partial charge < -0.3 is 35.7 Å². The van der Waals surface area contributed by atoms with Gasteiger partial charge in [-0.05, 0) is 0 Å². The predicted octanol–water partition coefficient (Wildman–Crippen LogP) is -4.44. The summed E-state index contributed by atoms with van der Waals surface area (Å²) in [5.41, 5.74) is 0. The second kappa shape index (κ2) is 8.06. The van der Waals surface area contributed by atoms with Gasteiger partial charge in [0.1, 0.15) is 42.7 Å². The molecule has 9 N–H and O–H groups in total. The van der Waals surface area contributed by atoms with Gasteiger partial charge in [-0.25, -0.2) is 15.1 Å². The van der Waals surface area contributed by atoms with Gasteiger partial charge in [0.15, 0.2) is 0 Å². The molecule has 0 spiro atoms. The Bertz CT molecular complexity index is 382. The molecule has 1 aliphatic rings. The van der Waals surface area contributed by atoms with Gasteiger partial charge in [0, 0.05) is 0 Å². The van der Waals surface area contributed by atoms with Crippen LogP contribution in [0.5, 0.6) is 0 Å². The number of phosphoric ester groups is 1. The molecule has 0 aliphatic heterocycles.